The maximum Gasteiger partial charge on any atom is 0.239 e. The molecule has 1 amide bonds. The Morgan fingerprint density at radius 3 is 3.00 bits per heavy atom. The summed E-state index contributed by atoms with van der Waals surface area (Å²) in [5, 5.41) is 14.9. The number of aromatic nitrogens is 2. The number of nitrogens with zero attached hydrogens (tertiary/aromatic N) is 4. The fraction of sp³-hybridized carbons (Fsp3) is 0.167. The number of hydrogen-bond acceptors (Lipinski definition) is 9. The van der Waals surface area contributed by atoms with Gasteiger partial charge in [0.25, 0.3) is 0 Å². The quantitative estimate of drug-likeness (QED) is 0.423. The molecule has 0 aliphatic carbocycles. The van der Waals surface area contributed by atoms with Gasteiger partial charge in [-0.15, -0.1) is 0 Å². The molecule has 2 aromatic rings. The Kier molecular flexibility index (Phi) is 8.22. The third-order valence-electron chi connectivity index (χ3n) is 3.32. The van der Waals surface area contributed by atoms with Crippen molar-refractivity contribution >= 4 is 35.5 Å². The van der Waals surface area contributed by atoms with E-state index in [9.17, 15) is 4.79 Å². The number of nitrogens with one attached hydrogen (secondary N) is 2. The van der Waals surface area contributed by atoms with Gasteiger partial charge in [0.15, 0.2) is 12.4 Å². The van der Waals surface area contributed by atoms with E-state index in [1.165, 1.54) is 18.6 Å². The van der Waals surface area contributed by atoms with Gasteiger partial charge in [0.2, 0.25) is 11.9 Å². The van der Waals surface area contributed by atoms with Gasteiger partial charge in [0.05, 0.1) is 11.9 Å². The van der Waals surface area contributed by atoms with Crippen LogP contribution in [0.5, 0.6) is 5.75 Å². The number of hydrogen-bond donors (Lipinski definition) is 4. The van der Waals surface area contributed by atoms with Crippen LogP contribution in [-0.4, -0.2) is 35.2 Å². The zero-order chi connectivity index (χ0) is 21.1. The second kappa shape index (κ2) is 11.1. The minimum Gasteiger partial charge on any atom is -0.479 e. The Morgan fingerprint density at radius 2 is 2.28 bits per heavy atom. The Labute approximate surface area is 172 Å². The molecule has 0 fully saturated rings. The van der Waals surface area contributed by atoms with Crippen molar-refractivity contribution in [3.8, 4) is 11.8 Å². The summed E-state index contributed by atoms with van der Waals surface area (Å²) in [4.78, 5) is 23.0. The molecule has 0 atom stereocenters. The largest absolute Gasteiger partial charge is 0.479 e. The number of anilines is 2. The van der Waals surface area contributed by atoms with Crippen LogP contribution >= 0.6 is 11.6 Å². The Bertz CT molecular complexity index is 955. The normalized spacial score (nSPS) is 11.1. The number of primary amides is 1. The molecule has 1 heterocycles. The zero-order valence-electron chi connectivity index (χ0n) is 15.3. The monoisotopic (exact) mass is 414 g/mol. The van der Waals surface area contributed by atoms with Gasteiger partial charge in [-0.1, -0.05) is 23.7 Å². The van der Waals surface area contributed by atoms with E-state index < -0.39 is 5.91 Å². The molecule has 1 aromatic carbocycles. The molecule has 0 saturated heterocycles. The van der Waals surface area contributed by atoms with Gasteiger partial charge in [0, 0.05) is 19.0 Å². The number of nitrogens with two attached hydrogens (primary N) is 2. The summed E-state index contributed by atoms with van der Waals surface area (Å²) in [6.07, 6.45) is 4.03. The Hall–Kier alpha value is -3.84. The smallest absolute Gasteiger partial charge is 0.239 e. The zero-order valence-corrected chi connectivity index (χ0v) is 16.1. The molecule has 0 radical (unpaired) electrons. The molecule has 6 N–H and O–H groups in total. The van der Waals surface area contributed by atoms with Gasteiger partial charge in [-0.2, -0.15) is 10.2 Å². The van der Waals surface area contributed by atoms with Crippen LogP contribution in [0, 0.1) is 11.3 Å². The van der Waals surface area contributed by atoms with E-state index >= 15 is 0 Å². The molecule has 0 aliphatic rings. The molecule has 0 aliphatic heterocycles. The summed E-state index contributed by atoms with van der Waals surface area (Å²) in [7, 11) is 0. The minimum atomic E-state index is -0.561. The van der Waals surface area contributed by atoms with Crippen molar-refractivity contribution in [2.75, 3.05) is 23.8 Å². The predicted octanol–water partition coefficient (Wildman–Crippen LogP) is 1.41. The van der Waals surface area contributed by atoms with Gasteiger partial charge in [-0.3, -0.25) is 9.79 Å². The number of rotatable bonds is 10. The van der Waals surface area contributed by atoms with Crippen LogP contribution in [0.15, 0.2) is 47.4 Å². The van der Waals surface area contributed by atoms with Gasteiger partial charge in [0.1, 0.15) is 23.4 Å². The minimum absolute atomic E-state index is 0.0244. The molecule has 0 unspecified atom stereocenters. The third kappa shape index (κ3) is 7.36. The number of ether oxygens (including phenoxy) is 1. The van der Waals surface area contributed by atoms with Crippen molar-refractivity contribution in [2.24, 2.45) is 16.5 Å². The first-order chi connectivity index (χ1) is 14.0. The molecular formula is C18H19ClN8O2. The highest BCUT2D eigenvalue weighted by atomic mass is 35.5. The Morgan fingerprint density at radius 1 is 1.45 bits per heavy atom. The summed E-state index contributed by atoms with van der Waals surface area (Å²) in [6, 6.07) is 9.21. The summed E-state index contributed by atoms with van der Waals surface area (Å²) in [6.45, 7) is 0.230. The van der Waals surface area contributed by atoms with Crippen molar-refractivity contribution in [1.82, 2.24) is 9.97 Å². The molecule has 150 valence electrons. The number of nitriles is 1. The highest BCUT2D eigenvalue weighted by Crippen LogP contribution is 2.21. The standard InChI is InChI=1S/C18H19ClN8O2/c19-15-10-25-18(26-13(7-21)9-23-11-16(22)28)27-17(15)24-8-12-2-1-3-14(6-12)29-5-4-20/h1-3,6-7,9-10H,5,8,11,21H2,(H2,22,28)(H2,24,25,26,27). The maximum absolute atomic E-state index is 10.7. The summed E-state index contributed by atoms with van der Waals surface area (Å²) >= 11 is 6.16. The van der Waals surface area contributed by atoms with Crippen LogP contribution in [0.3, 0.4) is 0 Å². The van der Waals surface area contributed by atoms with Crippen LogP contribution in [0.2, 0.25) is 5.02 Å². The summed E-state index contributed by atoms with van der Waals surface area (Å²) in [5.41, 5.74) is 11.8. The molecule has 1 aromatic heterocycles. The van der Waals surface area contributed by atoms with Gasteiger partial charge in [-0.05, 0) is 17.7 Å². The second-order valence-electron chi connectivity index (χ2n) is 5.52. The second-order valence-corrected chi connectivity index (χ2v) is 5.93. The maximum atomic E-state index is 10.7. The predicted molar refractivity (Wildman–Crippen MR) is 110 cm³/mol. The van der Waals surface area contributed by atoms with Crippen LogP contribution in [0.25, 0.3) is 0 Å². The first-order valence-corrected chi connectivity index (χ1v) is 8.71. The van der Waals surface area contributed by atoms with Crippen LogP contribution in [0.4, 0.5) is 11.8 Å². The third-order valence-corrected chi connectivity index (χ3v) is 3.60. The summed E-state index contributed by atoms with van der Waals surface area (Å²) in [5.74, 6) is 0.659. The van der Waals surface area contributed by atoms with Gasteiger partial charge in [-0.25, -0.2) is 4.98 Å². The number of carbonyl (C=O) groups is 1. The lowest BCUT2D eigenvalue weighted by molar-refractivity contribution is -0.116. The van der Waals surface area contributed by atoms with E-state index in [4.69, 9.17) is 33.1 Å². The molecule has 11 heteroatoms. The van der Waals surface area contributed by atoms with E-state index in [0.29, 0.717) is 28.8 Å². The van der Waals surface area contributed by atoms with E-state index in [1.54, 1.807) is 6.07 Å². The van der Waals surface area contributed by atoms with Crippen molar-refractivity contribution < 1.29 is 9.53 Å². The molecule has 29 heavy (non-hydrogen) atoms. The molecular weight excluding hydrogens is 396 g/mol. The number of benzene rings is 1. The first kappa shape index (κ1) is 21.5. The highest BCUT2D eigenvalue weighted by molar-refractivity contribution is 6.32. The van der Waals surface area contributed by atoms with Crippen molar-refractivity contribution in [1.29, 1.82) is 5.26 Å². The topological polar surface area (TPSA) is 164 Å². The highest BCUT2D eigenvalue weighted by Gasteiger charge is 2.07. The van der Waals surface area contributed by atoms with E-state index in [0.717, 1.165) is 5.56 Å². The number of halogens is 1. The van der Waals surface area contributed by atoms with Crippen LogP contribution < -0.4 is 26.8 Å². The van der Waals surface area contributed by atoms with Crippen molar-refractivity contribution in [3.63, 3.8) is 0 Å². The van der Waals surface area contributed by atoms with Gasteiger partial charge >= 0.3 is 0 Å². The lowest BCUT2D eigenvalue weighted by Crippen LogP contribution is -2.15. The molecule has 0 bridgehead atoms. The number of aliphatic imine (C=N–C) groups is 1. The van der Waals surface area contributed by atoms with Gasteiger partial charge < -0.3 is 26.8 Å². The number of carbonyl (C=O) groups excluding carboxylic acids is 1. The average Bonchev–Trinajstić information content (AvgIpc) is 2.71. The molecule has 0 spiro atoms. The lowest BCUT2D eigenvalue weighted by Gasteiger charge is -2.11. The van der Waals surface area contributed by atoms with E-state index in [1.807, 2.05) is 24.3 Å². The van der Waals surface area contributed by atoms with Crippen molar-refractivity contribution in [3.05, 3.63) is 52.9 Å². The fourth-order valence-electron chi connectivity index (χ4n) is 2.08. The average molecular weight is 415 g/mol. The van der Waals surface area contributed by atoms with Crippen LogP contribution in [0.1, 0.15) is 5.56 Å². The first-order valence-electron chi connectivity index (χ1n) is 8.34. The van der Waals surface area contributed by atoms with Crippen LogP contribution in [-0.2, 0) is 11.3 Å². The summed E-state index contributed by atoms with van der Waals surface area (Å²) < 4.78 is 5.28. The molecule has 2 rings (SSSR count). The van der Waals surface area contributed by atoms with E-state index in [2.05, 4.69) is 25.6 Å². The Balaban J connectivity index is 2.04. The van der Waals surface area contributed by atoms with Crippen molar-refractivity contribution in [2.45, 2.75) is 6.54 Å². The fourth-order valence-corrected chi connectivity index (χ4v) is 2.24. The lowest BCUT2D eigenvalue weighted by atomic mass is 10.2. The molecule has 0 saturated carbocycles. The molecule has 10 nitrogen and oxygen atoms in total. The number of allylic oxidation sites excluding steroid dienone is 1. The SMILES string of the molecule is N#CCOc1cccc(CNc2nc(NC(C=NCC(N)=O)=CN)ncc2Cl)c1. The number of amides is 1. The van der Waals surface area contributed by atoms with E-state index in [-0.39, 0.29) is 19.1 Å².